The van der Waals surface area contributed by atoms with Crippen molar-refractivity contribution in [2.45, 2.75) is 38.2 Å². The quantitative estimate of drug-likeness (QED) is 0.663. The maximum Gasteiger partial charge on any atom is 0.309 e. The highest BCUT2D eigenvalue weighted by Crippen LogP contribution is 2.48. The lowest BCUT2D eigenvalue weighted by atomic mass is 9.89. The summed E-state index contributed by atoms with van der Waals surface area (Å²) in [5, 5.41) is 0. The monoisotopic (exact) mass is 224 g/mol. The number of cyclic esters (lactones) is 1. The summed E-state index contributed by atoms with van der Waals surface area (Å²) < 4.78 is 10.1. The molecule has 16 heavy (non-hydrogen) atoms. The number of carbonyl (C=O) groups is 2. The van der Waals surface area contributed by atoms with Gasteiger partial charge in [-0.15, -0.1) is 0 Å². The minimum Gasteiger partial charge on any atom is -0.462 e. The predicted octanol–water partition coefficient (Wildman–Crippen LogP) is 1.28. The van der Waals surface area contributed by atoms with E-state index in [1.807, 2.05) is 0 Å². The average Bonchev–Trinajstić information content (AvgIpc) is 2.93. The second-order valence-corrected chi connectivity index (χ2v) is 5.23. The van der Waals surface area contributed by atoms with Crippen molar-refractivity contribution in [2.75, 3.05) is 6.61 Å². The van der Waals surface area contributed by atoms with Crippen LogP contribution in [0.3, 0.4) is 0 Å². The van der Waals surface area contributed by atoms with Crippen molar-refractivity contribution < 1.29 is 19.1 Å². The van der Waals surface area contributed by atoms with Crippen molar-refractivity contribution in [3.63, 3.8) is 0 Å². The maximum atomic E-state index is 11.9. The molecule has 0 N–H and O–H groups in total. The van der Waals surface area contributed by atoms with E-state index >= 15 is 0 Å². The highest BCUT2D eigenvalue weighted by Gasteiger charge is 2.44. The van der Waals surface area contributed by atoms with E-state index in [-0.39, 0.29) is 37.0 Å². The molecule has 0 radical (unpaired) electrons. The third-order valence-corrected chi connectivity index (χ3v) is 4.15. The Morgan fingerprint density at radius 1 is 1.31 bits per heavy atom. The molecule has 2 aliphatic carbocycles. The second-order valence-electron chi connectivity index (χ2n) is 5.23. The van der Waals surface area contributed by atoms with Crippen LogP contribution in [-0.4, -0.2) is 24.6 Å². The first kappa shape index (κ1) is 10.1. The first-order valence-corrected chi connectivity index (χ1v) is 6.08. The Hall–Kier alpha value is -1.06. The zero-order chi connectivity index (χ0) is 11.1. The van der Waals surface area contributed by atoms with Crippen LogP contribution in [0.5, 0.6) is 0 Å². The SMILES string of the molecule is O=C1CC(OC(=O)C2CC3CCC2C3)CO1. The summed E-state index contributed by atoms with van der Waals surface area (Å²) in [5.41, 5.74) is 0. The smallest absolute Gasteiger partial charge is 0.309 e. The van der Waals surface area contributed by atoms with Gasteiger partial charge in [-0.2, -0.15) is 0 Å². The molecule has 0 spiro atoms. The first-order valence-electron chi connectivity index (χ1n) is 6.08. The zero-order valence-electron chi connectivity index (χ0n) is 9.19. The number of hydrogen-bond donors (Lipinski definition) is 0. The van der Waals surface area contributed by atoms with Crippen LogP contribution in [-0.2, 0) is 19.1 Å². The van der Waals surface area contributed by atoms with Gasteiger partial charge in [0.05, 0.1) is 12.3 Å². The summed E-state index contributed by atoms with van der Waals surface area (Å²) in [6.45, 7) is 0.241. The van der Waals surface area contributed by atoms with Crippen LogP contribution in [0.4, 0.5) is 0 Å². The van der Waals surface area contributed by atoms with E-state index in [1.54, 1.807) is 0 Å². The zero-order valence-corrected chi connectivity index (χ0v) is 9.19. The Labute approximate surface area is 94.3 Å². The molecule has 4 nitrogen and oxygen atoms in total. The molecule has 0 amide bonds. The van der Waals surface area contributed by atoms with Gasteiger partial charge in [-0.1, -0.05) is 6.42 Å². The fourth-order valence-electron chi connectivity index (χ4n) is 3.35. The predicted molar refractivity (Wildman–Crippen MR) is 54.4 cm³/mol. The molecule has 4 atom stereocenters. The standard InChI is InChI=1S/C12H16O4/c13-11-5-9(6-15-11)16-12(14)10-4-7-1-2-8(10)3-7/h7-10H,1-6H2. The Balaban J connectivity index is 1.55. The maximum absolute atomic E-state index is 11.9. The van der Waals surface area contributed by atoms with Crippen LogP contribution in [0.15, 0.2) is 0 Å². The van der Waals surface area contributed by atoms with Crippen LogP contribution in [0.25, 0.3) is 0 Å². The molecular formula is C12H16O4. The van der Waals surface area contributed by atoms with Crippen LogP contribution >= 0.6 is 0 Å². The van der Waals surface area contributed by atoms with Gasteiger partial charge in [0.25, 0.3) is 0 Å². The van der Waals surface area contributed by atoms with Gasteiger partial charge in [0, 0.05) is 0 Å². The summed E-state index contributed by atoms with van der Waals surface area (Å²) in [7, 11) is 0. The molecule has 1 aliphatic heterocycles. The second kappa shape index (κ2) is 3.75. The molecule has 3 fully saturated rings. The first-order chi connectivity index (χ1) is 7.72. The molecule has 0 aromatic carbocycles. The van der Waals surface area contributed by atoms with E-state index in [0.717, 1.165) is 12.3 Å². The average molecular weight is 224 g/mol. The van der Waals surface area contributed by atoms with E-state index in [9.17, 15) is 9.59 Å². The molecule has 2 saturated carbocycles. The molecule has 2 bridgehead atoms. The van der Waals surface area contributed by atoms with Gasteiger partial charge in [0.1, 0.15) is 12.7 Å². The number of fused-ring (bicyclic) bond motifs is 2. The summed E-state index contributed by atoms with van der Waals surface area (Å²) in [6, 6.07) is 0. The van der Waals surface area contributed by atoms with Crippen LogP contribution in [0.1, 0.15) is 32.1 Å². The van der Waals surface area contributed by atoms with Gasteiger partial charge in [0.2, 0.25) is 0 Å². The minimum absolute atomic E-state index is 0.0921. The molecule has 3 aliphatic rings. The summed E-state index contributed by atoms with van der Waals surface area (Å²) in [4.78, 5) is 22.8. The van der Waals surface area contributed by atoms with Gasteiger partial charge >= 0.3 is 11.9 Å². The van der Waals surface area contributed by atoms with Crippen molar-refractivity contribution in [3.05, 3.63) is 0 Å². The highest BCUT2D eigenvalue weighted by molar-refractivity contribution is 5.76. The topological polar surface area (TPSA) is 52.6 Å². The van der Waals surface area contributed by atoms with Crippen molar-refractivity contribution in [2.24, 2.45) is 17.8 Å². The van der Waals surface area contributed by atoms with Gasteiger partial charge in [-0.3, -0.25) is 9.59 Å². The molecule has 0 aromatic rings. The molecule has 0 aromatic heterocycles. The van der Waals surface area contributed by atoms with Crippen molar-refractivity contribution in [1.29, 1.82) is 0 Å². The van der Waals surface area contributed by atoms with Crippen molar-refractivity contribution in [3.8, 4) is 0 Å². The Bertz CT molecular complexity index is 325. The number of ether oxygens (including phenoxy) is 2. The van der Waals surface area contributed by atoms with Crippen LogP contribution in [0.2, 0.25) is 0 Å². The molecule has 1 saturated heterocycles. The molecule has 88 valence electrons. The lowest BCUT2D eigenvalue weighted by Gasteiger charge is -2.21. The molecule has 4 heteroatoms. The molecule has 4 unspecified atom stereocenters. The third-order valence-electron chi connectivity index (χ3n) is 4.15. The van der Waals surface area contributed by atoms with E-state index in [4.69, 9.17) is 9.47 Å². The number of hydrogen-bond acceptors (Lipinski definition) is 4. The fourth-order valence-corrected chi connectivity index (χ4v) is 3.35. The normalized spacial score (nSPS) is 41.1. The van der Waals surface area contributed by atoms with Gasteiger partial charge < -0.3 is 9.47 Å². The number of rotatable bonds is 2. The van der Waals surface area contributed by atoms with Crippen molar-refractivity contribution >= 4 is 11.9 Å². The molecule has 1 heterocycles. The van der Waals surface area contributed by atoms with Crippen molar-refractivity contribution in [1.82, 2.24) is 0 Å². The molecular weight excluding hydrogens is 208 g/mol. The van der Waals surface area contributed by atoms with Gasteiger partial charge in [0.15, 0.2) is 0 Å². The Kier molecular flexibility index (Phi) is 2.37. The Morgan fingerprint density at radius 3 is 2.75 bits per heavy atom. The largest absolute Gasteiger partial charge is 0.462 e. The fraction of sp³-hybridized carbons (Fsp3) is 0.833. The minimum atomic E-state index is -0.334. The van der Waals surface area contributed by atoms with Gasteiger partial charge in [-0.25, -0.2) is 0 Å². The van der Waals surface area contributed by atoms with Crippen LogP contribution in [0, 0.1) is 17.8 Å². The number of esters is 2. The highest BCUT2D eigenvalue weighted by atomic mass is 16.6. The lowest BCUT2D eigenvalue weighted by Crippen LogP contribution is -2.28. The third kappa shape index (κ3) is 1.70. The summed E-state index contributed by atoms with van der Waals surface area (Å²) in [6.07, 6.45) is 4.53. The lowest BCUT2D eigenvalue weighted by molar-refractivity contribution is -0.155. The van der Waals surface area contributed by atoms with E-state index in [1.165, 1.54) is 19.3 Å². The molecule has 3 rings (SSSR count). The summed E-state index contributed by atoms with van der Waals surface area (Å²) >= 11 is 0. The van der Waals surface area contributed by atoms with E-state index < -0.39 is 0 Å². The summed E-state index contributed by atoms with van der Waals surface area (Å²) in [5.74, 6) is 1.01. The van der Waals surface area contributed by atoms with E-state index in [2.05, 4.69) is 0 Å². The van der Waals surface area contributed by atoms with Gasteiger partial charge in [-0.05, 0) is 31.1 Å². The van der Waals surface area contributed by atoms with Crippen LogP contribution < -0.4 is 0 Å². The van der Waals surface area contributed by atoms with E-state index in [0.29, 0.717) is 5.92 Å². The number of carbonyl (C=O) groups excluding carboxylic acids is 2. The Morgan fingerprint density at radius 2 is 2.19 bits per heavy atom.